The van der Waals surface area contributed by atoms with Crippen molar-refractivity contribution in [2.45, 2.75) is 23.8 Å². The Morgan fingerprint density at radius 2 is 1.65 bits per heavy atom. The number of hydrogen-bond donors (Lipinski definition) is 2. The summed E-state index contributed by atoms with van der Waals surface area (Å²) in [6.07, 6.45) is 3.83. The Morgan fingerprint density at radius 3 is 2.20 bits per heavy atom. The van der Waals surface area contributed by atoms with Gasteiger partial charge in [-0.25, -0.2) is 23.1 Å². The summed E-state index contributed by atoms with van der Waals surface area (Å²) in [6, 6.07) is 7.84. The highest BCUT2D eigenvalue weighted by atomic mass is 32.2. The van der Waals surface area contributed by atoms with Gasteiger partial charge in [-0.1, -0.05) is 24.3 Å². The lowest BCUT2D eigenvalue weighted by molar-refractivity contribution is 0.555. The summed E-state index contributed by atoms with van der Waals surface area (Å²) in [5.41, 5.74) is 7.73. The van der Waals surface area contributed by atoms with Crippen LogP contribution in [0, 0.1) is 0 Å². The molecule has 6 nitrogen and oxygen atoms in total. The van der Waals surface area contributed by atoms with Gasteiger partial charge in [0.2, 0.25) is 16.0 Å². The zero-order valence-electron chi connectivity index (χ0n) is 10.7. The molecular formula is C13H14N4O2S. The predicted molar refractivity (Wildman–Crippen MR) is 74.4 cm³/mol. The molecule has 0 saturated heterocycles. The van der Waals surface area contributed by atoms with Crippen molar-refractivity contribution in [2.24, 2.45) is 0 Å². The van der Waals surface area contributed by atoms with E-state index in [2.05, 4.69) is 14.7 Å². The van der Waals surface area contributed by atoms with Gasteiger partial charge in [-0.3, -0.25) is 0 Å². The summed E-state index contributed by atoms with van der Waals surface area (Å²) in [6.45, 7) is 0. The largest absolute Gasteiger partial charge is 0.368 e. The molecule has 3 N–H and O–H groups in total. The van der Waals surface area contributed by atoms with Crippen LogP contribution in [0.1, 0.15) is 11.1 Å². The molecule has 1 aliphatic carbocycles. The van der Waals surface area contributed by atoms with Crippen molar-refractivity contribution in [3.8, 4) is 0 Å². The van der Waals surface area contributed by atoms with Gasteiger partial charge in [-0.05, 0) is 24.0 Å². The van der Waals surface area contributed by atoms with Gasteiger partial charge in [0.25, 0.3) is 0 Å². The molecule has 104 valence electrons. The van der Waals surface area contributed by atoms with Gasteiger partial charge in [0, 0.05) is 6.04 Å². The van der Waals surface area contributed by atoms with E-state index in [0.29, 0.717) is 12.8 Å². The lowest BCUT2D eigenvalue weighted by Crippen LogP contribution is -2.35. The van der Waals surface area contributed by atoms with Crippen molar-refractivity contribution in [3.63, 3.8) is 0 Å². The number of rotatable bonds is 3. The fourth-order valence-electron chi connectivity index (χ4n) is 2.39. The number of anilines is 1. The van der Waals surface area contributed by atoms with Crippen LogP contribution in [0.3, 0.4) is 0 Å². The monoisotopic (exact) mass is 290 g/mol. The van der Waals surface area contributed by atoms with Gasteiger partial charge in [0.05, 0.1) is 12.4 Å². The Kier molecular flexibility index (Phi) is 3.15. The molecule has 0 aliphatic heterocycles. The minimum absolute atomic E-state index is 0.0302. The van der Waals surface area contributed by atoms with E-state index in [-0.39, 0.29) is 16.9 Å². The molecule has 0 fully saturated rings. The summed E-state index contributed by atoms with van der Waals surface area (Å²) in [4.78, 5) is 7.44. The zero-order chi connectivity index (χ0) is 14.2. The van der Waals surface area contributed by atoms with E-state index < -0.39 is 10.0 Å². The summed E-state index contributed by atoms with van der Waals surface area (Å²) < 4.78 is 27.1. The van der Waals surface area contributed by atoms with Gasteiger partial charge < -0.3 is 5.73 Å². The summed E-state index contributed by atoms with van der Waals surface area (Å²) in [5.74, 6) is 0.0530. The molecule has 7 heteroatoms. The molecule has 0 amide bonds. The molecular weight excluding hydrogens is 276 g/mol. The van der Waals surface area contributed by atoms with Gasteiger partial charge in [0.1, 0.15) is 4.90 Å². The highest BCUT2D eigenvalue weighted by Crippen LogP contribution is 2.22. The highest BCUT2D eigenvalue weighted by Gasteiger charge is 2.26. The molecule has 0 radical (unpaired) electrons. The van der Waals surface area contributed by atoms with Crippen LogP contribution in [0.15, 0.2) is 41.6 Å². The van der Waals surface area contributed by atoms with Gasteiger partial charge in [-0.2, -0.15) is 0 Å². The van der Waals surface area contributed by atoms with Crippen LogP contribution in [0.2, 0.25) is 0 Å². The first-order valence-corrected chi connectivity index (χ1v) is 7.69. The van der Waals surface area contributed by atoms with Crippen molar-refractivity contribution in [2.75, 3.05) is 5.73 Å². The number of nitrogen functional groups attached to an aromatic ring is 1. The number of benzene rings is 1. The quantitative estimate of drug-likeness (QED) is 0.858. The number of nitrogens with zero attached hydrogens (tertiary/aromatic N) is 2. The topological polar surface area (TPSA) is 98.0 Å². The molecule has 0 atom stereocenters. The van der Waals surface area contributed by atoms with Crippen LogP contribution in [0.5, 0.6) is 0 Å². The van der Waals surface area contributed by atoms with Crippen molar-refractivity contribution >= 4 is 16.0 Å². The van der Waals surface area contributed by atoms with E-state index in [4.69, 9.17) is 5.73 Å². The molecule has 1 heterocycles. The second-order valence-electron chi connectivity index (χ2n) is 4.77. The van der Waals surface area contributed by atoms with Crippen LogP contribution < -0.4 is 10.5 Å². The summed E-state index contributed by atoms with van der Waals surface area (Å²) >= 11 is 0. The van der Waals surface area contributed by atoms with E-state index in [1.165, 1.54) is 23.5 Å². The Morgan fingerprint density at radius 1 is 1.10 bits per heavy atom. The number of nitrogens with one attached hydrogen (secondary N) is 1. The number of hydrogen-bond acceptors (Lipinski definition) is 5. The van der Waals surface area contributed by atoms with Crippen LogP contribution >= 0.6 is 0 Å². The molecule has 0 saturated carbocycles. The first-order chi connectivity index (χ1) is 9.54. The Balaban J connectivity index is 1.77. The molecule has 1 aliphatic rings. The van der Waals surface area contributed by atoms with E-state index in [0.717, 1.165) is 0 Å². The molecule has 0 unspecified atom stereocenters. The third kappa shape index (κ3) is 2.50. The first kappa shape index (κ1) is 13.0. The maximum Gasteiger partial charge on any atom is 0.243 e. The van der Waals surface area contributed by atoms with E-state index in [1.807, 2.05) is 24.3 Å². The van der Waals surface area contributed by atoms with Crippen LogP contribution in [-0.2, 0) is 22.9 Å². The van der Waals surface area contributed by atoms with Gasteiger partial charge in [0.15, 0.2) is 0 Å². The van der Waals surface area contributed by atoms with E-state index in [9.17, 15) is 8.42 Å². The SMILES string of the molecule is Nc1ncc(S(=O)(=O)NC2Cc3ccccc3C2)cn1. The van der Waals surface area contributed by atoms with Crippen LogP contribution in [-0.4, -0.2) is 24.4 Å². The van der Waals surface area contributed by atoms with Crippen LogP contribution in [0.4, 0.5) is 5.95 Å². The zero-order valence-corrected chi connectivity index (χ0v) is 11.5. The molecule has 1 aromatic heterocycles. The predicted octanol–water partition coefficient (Wildman–Crippen LogP) is 0.504. The fourth-order valence-corrected chi connectivity index (χ4v) is 3.52. The molecule has 0 spiro atoms. The molecule has 0 bridgehead atoms. The fraction of sp³-hybridized carbons (Fsp3) is 0.231. The Bertz CT molecular complexity index is 703. The van der Waals surface area contributed by atoms with Crippen molar-refractivity contribution in [3.05, 3.63) is 47.8 Å². The van der Waals surface area contributed by atoms with Gasteiger partial charge in [-0.15, -0.1) is 0 Å². The normalized spacial score (nSPS) is 15.2. The lowest BCUT2D eigenvalue weighted by atomic mass is 10.1. The van der Waals surface area contributed by atoms with Crippen molar-refractivity contribution in [1.29, 1.82) is 0 Å². The minimum Gasteiger partial charge on any atom is -0.368 e. The second-order valence-corrected chi connectivity index (χ2v) is 6.49. The third-order valence-corrected chi connectivity index (χ3v) is 4.81. The van der Waals surface area contributed by atoms with E-state index >= 15 is 0 Å². The maximum absolute atomic E-state index is 12.2. The maximum atomic E-state index is 12.2. The molecule has 1 aromatic carbocycles. The third-order valence-electron chi connectivity index (χ3n) is 3.33. The van der Waals surface area contributed by atoms with Crippen molar-refractivity contribution in [1.82, 2.24) is 14.7 Å². The minimum atomic E-state index is -3.61. The molecule has 2 aromatic rings. The van der Waals surface area contributed by atoms with Gasteiger partial charge >= 0.3 is 0 Å². The number of aromatic nitrogens is 2. The first-order valence-electron chi connectivity index (χ1n) is 6.21. The average molecular weight is 290 g/mol. The second kappa shape index (κ2) is 4.84. The van der Waals surface area contributed by atoms with E-state index in [1.54, 1.807) is 0 Å². The Hall–Kier alpha value is -1.99. The van der Waals surface area contributed by atoms with Crippen LogP contribution in [0.25, 0.3) is 0 Å². The number of sulfonamides is 1. The summed E-state index contributed by atoms with van der Waals surface area (Å²) in [5, 5.41) is 0. The smallest absolute Gasteiger partial charge is 0.243 e. The molecule has 20 heavy (non-hydrogen) atoms. The number of nitrogens with two attached hydrogens (primary N) is 1. The lowest BCUT2D eigenvalue weighted by Gasteiger charge is -2.12. The molecule has 3 rings (SSSR count). The number of fused-ring (bicyclic) bond motifs is 1. The van der Waals surface area contributed by atoms with Crippen molar-refractivity contribution < 1.29 is 8.42 Å². The summed E-state index contributed by atoms with van der Waals surface area (Å²) in [7, 11) is -3.61. The average Bonchev–Trinajstić information content (AvgIpc) is 2.80. The highest BCUT2D eigenvalue weighted by molar-refractivity contribution is 7.89. The Labute approximate surface area is 117 Å². The standard InChI is InChI=1S/C13H14N4O2S/c14-13-15-7-12(8-16-13)20(18,19)17-11-5-9-3-1-2-4-10(9)6-11/h1-4,7-8,11,17H,5-6H2,(H2,14,15,16).